The van der Waals surface area contributed by atoms with Crippen LogP contribution in [0.2, 0.25) is 0 Å². The third-order valence-electron chi connectivity index (χ3n) is 5.17. The third-order valence-corrected chi connectivity index (χ3v) is 5.17. The van der Waals surface area contributed by atoms with E-state index < -0.39 is 41.1 Å². The second-order valence-corrected chi connectivity index (χ2v) is 8.62. The summed E-state index contributed by atoms with van der Waals surface area (Å²) in [6, 6.07) is 3.06. The predicted octanol–water partition coefficient (Wildman–Crippen LogP) is 5.04. The lowest BCUT2D eigenvalue weighted by Gasteiger charge is -2.28. The van der Waals surface area contributed by atoms with E-state index in [9.17, 15) is 18.4 Å². The van der Waals surface area contributed by atoms with Crippen molar-refractivity contribution in [2.75, 3.05) is 13.7 Å². The van der Waals surface area contributed by atoms with E-state index in [2.05, 4.69) is 0 Å². The lowest BCUT2D eigenvalue weighted by atomic mass is 9.88. The number of carbonyl (C=O) groups is 2. The molecule has 1 aromatic rings. The first-order chi connectivity index (χ1) is 13.5. The summed E-state index contributed by atoms with van der Waals surface area (Å²) in [5, 5.41) is 0. The summed E-state index contributed by atoms with van der Waals surface area (Å²) >= 11 is 0. The van der Waals surface area contributed by atoms with E-state index in [1.54, 1.807) is 27.8 Å². The van der Waals surface area contributed by atoms with Gasteiger partial charge in [-0.05, 0) is 51.7 Å². The normalized spacial score (nSPS) is 21.7. The largest absolute Gasteiger partial charge is 0.465 e. The lowest BCUT2D eigenvalue weighted by molar-refractivity contribution is -0.149. The van der Waals surface area contributed by atoms with Crippen molar-refractivity contribution >= 4 is 12.1 Å². The van der Waals surface area contributed by atoms with Gasteiger partial charge in [0.15, 0.2) is 0 Å². The number of hydrogen-bond donors (Lipinski definition) is 0. The van der Waals surface area contributed by atoms with Gasteiger partial charge in [0.05, 0.1) is 12.5 Å². The molecule has 29 heavy (non-hydrogen) atoms. The molecular formula is C22H31F2NO4. The van der Waals surface area contributed by atoms with Gasteiger partial charge in [-0.1, -0.05) is 19.4 Å². The van der Waals surface area contributed by atoms with E-state index in [4.69, 9.17) is 9.47 Å². The van der Waals surface area contributed by atoms with Gasteiger partial charge in [0, 0.05) is 25.1 Å². The maximum Gasteiger partial charge on any atom is 0.410 e. The van der Waals surface area contributed by atoms with Crippen LogP contribution in [0.4, 0.5) is 13.6 Å². The van der Waals surface area contributed by atoms with Gasteiger partial charge in [0.25, 0.3) is 0 Å². The molecule has 0 saturated heterocycles. The highest BCUT2D eigenvalue weighted by Gasteiger charge is 2.44. The van der Waals surface area contributed by atoms with Gasteiger partial charge in [0.2, 0.25) is 0 Å². The zero-order valence-corrected chi connectivity index (χ0v) is 17.8. The highest BCUT2D eigenvalue weighted by Crippen LogP contribution is 2.43. The van der Waals surface area contributed by atoms with Crippen molar-refractivity contribution < 1.29 is 27.8 Å². The van der Waals surface area contributed by atoms with Crippen LogP contribution in [0.15, 0.2) is 18.2 Å². The number of amides is 1. The molecule has 162 valence electrons. The molecule has 1 saturated carbocycles. The van der Waals surface area contributed by atoms with Crippen LogP contribution >= 0.6 is 0 Å². The van der Waals surface area contributed by atoms with Crippen molar-refractivity contribution in [3.63, 3.8) is 0 Å². The van der Waals surface area contributed by atoms with Gasteiger partial charge < -0.3 is 14.4 Å². The van der Waals surface area contributed by atoms with E-state index >= 15 is 0 Å². The fraction of sp³-hybridized carbons (Fsp3) is 0.636. The Morgan fingerprint density at radius 1 is 1.21 bits per heavy atom. The standard InChI is InChI=1S/C22H31F2NO4/c1-6-7-10-28-20(26)18-13-15(25(5)21(27)29-22(2,3)4)12-17(18)16-9-8-14(23)11-19(16)24/h8-9,11,15,17-18H,6-7,10,12-13H2,1-5H3/t15?,17-,18+/m0/s1. The maximum absolute atomic E-state index is 14.5. The topological polar surface area (TPSA) is 55.8 Å². The number of benzene rings is 1. The lowest BCUT2D eigenvalue weighted by Crippen LogP contribution is -2.40. The Morgan fingerprint density at radius 3 is 2.48 bits per heavy atom. The van der Waals surface area contributed by atoms with Gasteiger partial charge in [0.1, 0.15) is 17.2 Å². The number of esters is 1. The highest BCUT2D eigenvalue weighted by molar-refractivity contribution is 5.75. The Morgan fingerprint density at radius 2 is 1.90 bits per heavy atom. The van der Waals surface area contributed by atoms with Crippen molar-refractivity contribution in [2.24, 2.45) is 5.92 Å². The van der Waals surface area contributed by atoms with E-state index in [1.807, 2.05) is 6.92 Å². The monoisotopic (exact) mass is 411 g/mol. The van der Waals surface area contributed by atoms with E-state index in [0.29, 0.717) is 19.4 Å². The average molecular weight is 411 g/mol. The van der Waals surface area contributed by atoms with Crippen molar-refractivity contribution in [1.29, 1.82) is 0 Å². The van der Waals surface area contributed by atoms with Crippen LogP contribution < -0.4 is 0 Å². The van der Waals surface area contributed by atoms with Crippen molar-refractivity contribution in [1.82, 2.24) is 4.90 Å². The summed E-state index contributed by atoms with van der Waals surface area (Å²) < 4.78 is 38.6. The predicted molar refractivity (Wildman–Crippen MR) is 105 cm³/mol. The Hall–Kier alpha value is -2.18. The molecule has 7 heteroatoms. The Bertz CT molecular complexity index is 732. The number of carbonyl (C=O) groups excluding carboxylic acids is 2. The zero-order chi connectivity index (χ0) is 21.8. The van der Waals surface area contributed by atoms with Gasteiger partial charge in [-0.2, -0.15) is 0 Å². The molecule has 1 aliphatic carbocycles. The number of nitrogens with zero attached hydrogens (tertiary/aromatic N) is 1. The smallest absolute Gasteiger partial charge is 0.410 e. The Labute approximate surface area is 171 Å². The van der Waals surface area contributed by atoms with Gasteiger partial charge >= 0.3 is 12.1 Å². The fourth-order valence-corrected chi connectivity index (χ4v) is 3.64. The van der Waals surface area contributed by atoms with Crippen molar-refractivity contribution in [3.8, 4) is 0 Å². The minimum Gasteiger partial charge on any atom is -0.465 e. The summed E-state index contributed by atoms with van der Waals surface area (Å²) in [5.41, 5.74) is -0.380. The summed E-state index contributed by atoms with van der Waals surface area (Å²) in [6.45, 7) is 7.62. The number of ether oxygens (including phenoxy) is 2. The van der Waals surface area contributed by atoms with E-state index in [0.717, 1.165) is 18.9 Å². The van der Waals surface area contributed by atoms with Crippen LogP contribution in [0, 0.1) is 17.6 Å². The second kappa shape index (κ2) is 9.55. The highest BCUT2D eigenvalue weighted by atomic mass is 19.1. The molecule has 5 nitrogen and oxygen atoms in total. The summed E-state index contributed by atoms with van der Waals surface area (Å²) in [5.74, 6) is -2.88. The number of halogens is 2. The van der Waals surface area contributed by atoms with Crippen LogP contribution in [0.25, 0.3) is 0 Å². The summed E-state index contributed by atoms with van der Waals surface area (Å²) in [4.78, 5) is 26.6. The minimum absolute atomic E-state index is 0.268. The van der Waals surface area contributed by atoms with Crippen LogP contribution in [0.5, 0.6) is 0 Å². The van der Waals surface area contributed by atoms with Crippen LogP contribution in [-0.2, 0) is 14.3 Å². The molecule has 1 fully saturated rings. The van der Waals surface area contributed by atoms with Crippen LogP contribution in [-0.4, -0.2) is 42.3 Å². The molecule has 0 aromatic heterocycles. The van der Waals surface area contributed by atoms with Crippen molar-refractivity contribution in [3.05, 3.63) is 35.4 Å². The quantitative estimate of drug-likeness (QED) is 0.486. The molecule has 0 heterocycles. The van der Waals surface area contributed by atoms with Crippen LogP contribution in [0.3, 0.4) is 0 Å². The maximum atomic E-state index is 14.5. The minimum atomic E-state index is -0.693. The summed E-state index contributed by atoms with van der Waals surface area (Å²) in [6.07, 6.45) is 1.84. The number of rotatable bonds is 6. The molecule has 3 atom stereocenters. The van der Waals surface area contributed by atoms with Crippen LogP contribution in [0.1, 0.15) is 64.9 Å². The molecule has 0 N–H and O–H groups in total. The average Bonchev–Trinajstić information content (AvgIpc) is 3.04. The number of unbranched alkanes of at least 4 members (excludes halogenated alkanes) is 1. The molecule has 2 rings (SSSR count). The van der Waals surface area contributed by atoms with E-state index in [1.165, 1.54) is 17.0 Å². The molecule has 0 radical (unpaired) electrons. The number of hydrogen-bond acceptors (Lipinski definition) is 4. The Balaban J connectivity index is 2.23. The van der Waals surface area contributed by atoms with E-state index in [-0.39, 0.29) is 11.6 Å². The first-order valence-corrected chi connectivity index (χ1v) is 10.1. The van der Waals surface area contributed by atoms with Gasteiger partial charge in [-0.3, -0.25) is 4.79 Å². The third kappa shape index (κ3) is 6.15. The fourth-order valence-electron chi connectivity index (χ4n) is 3.64. The first-order valence-electron chi connectivity index (χ1n) is 10.1. The molecule has 1 unspecified atom stereocenters. The second-order valence-electron chi connectivity index (χ2n) is 8.62. The molecule has 0 spiro atoms. The summed E-state index contributed by atoms with van der Waals surface area (Å²) in [7, 11) is 1.61. The molecular weight excluding hydrogens is 380 g/mol. The molecule has 1 aliphatic rings. The van der Waals surface area contributed by atoms with Gasteiger partial charge in [-0.15, -0.1) is 0 Å². The molecule has 1 aromatic carbocycles. The zero-order valence-electron chi connectivity index (χ0n) is 17.8. The van der Waals surface area contributed by atoms with Crippen molar-refractivity contribution in [2.45, 2.75) is 70.9 Å². The molecule has 1 amide bonds. The SMILES string of the molecule is CCCCOC(=O)[C@@H]1CC(N(C)C(=O)OC(C)(C)C)C[C@H]1c1ccc(F)cc1F. The molecule has 0 aliphatic heterocycles. The first kappa shape index (κ1) is 23.1. The van der Waals surface area contributed by atoms with Gasteiger partial charge in [-0.25, -0.2) is 13.6 Å². The Kier molecular flexibility index (Phi) is 7.60. The molecule has 0 bridgehead atoms.